The Morgan fingerprint density at radius 2 is 0.944 bits per heavy atom. The normalized spacial score (nSPS) is 17.0. The average molecular weight is 487 g/mol. The third-order valence-electron chi connectivity index (χ3n) is 7.94. The van der Waals surface area contributed by atoms with E-state index in [1.165, 1.54) is 22.3 Å². The molecule has 0 N–H and O–H groups in total. The smallest absolute Gasteiger partial charge is 0.154 e. The predicted octanol–water partition coefficient (Wildman–Crippen LogP) is 7.11. The SMILES string of the molecule is O=P(c1ccccc1)(c1ccccc1)C1C2=C(OC3=C1CCc1ccccc13)c1ccccc1CC2. The van der Waals surface area contributed by atoms with E-state index >= 15 is 4.57 Å². The van der Waals surface area contributed by atoms with Crippen molar-refractivity contribution in [2.45, 2.75) is 31.3 Å². The lowest BCUT2D eigenvalue weighted by Crippen LogP contribution is -2.34. The first kappa shape index (κ1) is 21.7. The quantitative estimate of drug-likeness (QED) is 0.288. The highest BCUT2D eigenvalue weighted by atomic mass is 31.2. The van der Waals surface area contributed by atoms with Crippen LogP contribution >= 0.6 is 7.14 Å². The fourth-order valence-corrected chi connectivity index (χ4v) is 9.79. The second-order valence-corrected chi connectivity index (χ2v) is 12.7. The van der Waals surface area contributed by atoms with Crippen LogP contribution in [-0.2, 0) is 22.1 Å². The fraction of sp³-hybridized carbons (Fsp3) is 0.152. The van der Waals surface area contributed by atoms with Crippen molar-refractivity contribution in [1.29, 1.82) is 0 Å². The fourth-order valence-electron chi connectivity index (χ4n) is 6.29. The Labute approximate surface area is 212 Å². The van der Waals surface area contributed by atoms with E-state index in [0.717, 1.165) is 58.9 Å². The summed E-state index contributed by atoms with van der Waals surface area (Å²) in [7, 11) is -3.10. The van der Waals surface area contributed by atoms with Gasteiger partial charge in [-0.25, -0.2) is 0 Å². The van der Waals surface area contributed by atoms with Gasteiger partial charge in [-0.1, -0.05) is 109 Å². The van der Waals surface area contributed by atoms with Crippen LogP contribution in [0.4, 0.5) is 0 Å². The molecule has 3 aliphatic rings. The number of ether oxygens (including phenoxy) is 1. The molecule has 0 saturated heterocycles. The third kappa shape index (κ3) is 3.21. The molecule has 2 aliphatic carbocycles. The minimum Gasteiger partial charge on any atom is -0.456 e. The van der Waals surface area contributed by atoms with Crippen LogP contribution in [0.1, 0.15) is 35.1 Å². The second kappa shape index (κ2) is 8.50. The van der Waals surface area contributed by atoms with Crippen LogP contribution in [0.3, 0.4) is 0 Å². The number of benzene rings is 4. The molecule has 4 aromatic rings. The second-order valence-electron chi connectivity index (χ2n) is 9.86. The molecule has 36 heavy (non-hydrogen) atoms. The van der Waals surface area contributed by atoms with Gasteiger partial charge >= 0.3 is 0 Å². The molecule has 1 heterocycles. The minimum atomic E-state index is -3.10. The Bertz CT molecular complexity index is 1470. The van der Waals surface area contributed by atoms with Crippen molar-refractivity contribution in [3.8, 4) is 0 Å². The van der Waals surface area contributed by atoms with Crippen molar-refractivity contribution in [3.05, 3.63) is 143 Å². The number of hydrogen-bond acceptors (Lipinski definition) is 2. The lowest BCUT2D eigenvalue weighted by atomic mass is 9.81. The molecule has 0 fully saturated rings. The van der Waals surface area contributed by atoms with Crippen molar-refractivity contribution in [1.82, 2.24) is 0 Å². The van der Waals surface area contributed by atoms with E-state index in [2.05, 4.69) is 72.8 Å². The van der Waals surface area contributed by atoms with E-state index in [9.17, 15) is 0 Å². The molecule has 7 rings (SSSR count). The van der Waals surface area contributed by atoms with E-state index in [-0.39, 0.29) is 5.66 Å². The molecular formula is C33H27O2P. The molecule has 0 bridgehead atoms. The van der Waals surface area contributed by atoms with Gasteiger partial charge in [-0.15, -0.1) is 0 Å². The van der Waals surface area contributed by atoms with E-state index in [1.807, 2.05) is 36.4 Å². The van der Waals surface area contributed by atoms with Crippen LogP contribution < -0.4 is 10.6 Å². The number of hydrogen-bond donors (Lipinski definition) is 0. The Morgan fingerprint density at radius 1 is 0.528 bits per heavy atom. The zero-order chi connectivity index (χ0) is 24.1. The predicted molar refractivity (Wildman–Crippen MR) is 148 cm³/mol. The zero-order valence-electron chi connectivity index (χ0n) is 20.1. The van der Waals surface area contributed by atoms with Crippen molar-refractivity contribution < 1.29 is 9.30 Å². The van der Waals surface area contributed by atoms with Gasteiger partial charge in [-0.05, 0) is 48.0 Å². The highest BCUT2D eigenvalue weighted by molar-refractivity contribution is 7.79. The van der Waals surface area contributed by atoms with Gasteiger partial charge in [0.15, 0.2) is 7.14 Å². The highest BCUT2D eigenvalue weighted by Crippen LogP contribution is 2.61. The van der Waals surface area contributed by atoms with Crippen molar-refractivity contribution in [3.63, 3.8) is 0 Å². The molecule has 0 spiro atoms. The number of aryl methyl sites for hydroxylation is 2. The molecule has 0 aromatic heterocycles. The maximum Gasteiger partial charge on any atom is 0.154 e. The van der Waals surface area contributed by atoms with Gasteiger partial charge in [0.1, 0.15) is 11.5 Å². The third-order valence-corrected chi connectivity index (χ3v) is 11.4. The van der Waals surface area contributed by atoms with Gasteiger partial charge in [-0.3, -0.25) is 0 Å². The minimum absolute atomic E-state index is 0.206. The van der Waals surface area contributed by atoms with Crippen molar-refractivity contribution >= 4 is 29.3 Å². The molecular weight excluding hydrogens is 459 g/mol. The highest BCUT2D eigenvalue weighted by Gasteiger charge is 2.47. The van der Waals surface area contributed by atoms with E-state index in [0.29, 0.717) is 0 Å². The summed E-state index contributed by atoms with van der Waals surface area (Å²) in [6, 6.07) is 37.4. The van der Waals surface area contributed by atoms with Crippen LogP contribution in [0.5, 0.6) is 0 Å². The van der Waals surface area contributed by atoms with Crippen molar-refractivity contribution in [2.24, 2.45) is 0 Å². The maximum atomic E-state index is 15.8. The summed E-state index contributed by atoms with van der Waals surface area (Å²) in [5, 5.41) is 1.83. The van der Waals surface area contributed by atoms with E-state index < -0.39 is 7.14 Å². The number of allylic oxidation sites excluding steroid dienone is 2. The first-order valence-corrected chi connectivity index (χ1v) is 14.5. The molecule has 0 radical (unpaired) electrons. The standard InChI is InChI=1S/C33H27O2P/c34-36(25-13-3-1-4-14-25,26-15-5-2-6-16-26)33-29-21-19-23-11-7-9-17-27(23)31(29)35-32-28-18-10-8-12-24(28)20-22-30(32)33/h1-18,33H,19-22H2. The maximum absolute atomic E-state index is 15.8. The average Bonchev–Trinajstić information content (AvgIpc) is 2.96. The molecule has 0 amide bonds. The number of rotatable bonds is 3. The topological polar surface area (TPSA) is 26.3 Å². The van der Waals surface area contributed by atoms with Crippen LogP contribution in [0.25, 0.3) is 11.5 Å². The van der Waals surface area contributed by atoms with Crippen LogP contribution in [0.2, 0.25) is 0 Å². The summed E-state index contributed by atoms with van der Waals surface area (Å²) < 4.78 is 22.7. The van der Waals surface area contributed by atoms with Gasteiger partial charge in [0.2, 0.25) is 0 Å². The largest absolute Gasteiger partial charge is 0.456 e. The lowest BCUT2D eigenvalue weighted by molar-refractivity contribution is 0.435. The van der Waals surface area contributed by atoms with Gasteiger partial charge in [0.05, 0.1) is 5.66 Å². The number of fused-ring (bicyclic) bond motifs is 4. The van der Waals surface area contributed by atoms with Crippen LogP contribution in [0.15, 0.2) is 120 Å². The monoisotopic (exact) mass is 486 g/mol. The molecule has 4 aromatic carbocycles. The molecule has 3 heteroatoms. The summed E-state index contributed by atoms with van der Waals surface area (Å²) in [5.74, 6) is 1.84. The lowest BCUT2D eigenvalue weighted by Gasteiger charge is -2.41. The molecule has 0 atom stereocenters. The van der Waals surface area contributed by atoms with Gasteiger partial charge < -0.3 is 9.30 Å². The molecule has 176 valence electrons. The van der Waals surface area contributed by atoms with Crippen LogP contribution in [-0.4, -0.2) is 5.66 Å². The van der Waals surface area contributed by atoms with Gasteiger partial charge in [-0.2, -0.15) is 0 Å². The summed E-state index contributed by atoms with van der Waals surface area (Å²) in [6.07, 6.45) is 3.60. The first-order chi connectivity index (χ1) is 17.7. The zero-order valence-corrected chi connectivity index (χ0v) is 21.0. The Kier molecular flexibility index (Phi) is 5.11. The molecule has 1 aliphatic heterocycles. The van der Waals surface area contributed by atoms with E-state index in [4.69, 9.17) is 4.74 Å². The molecule has 0 saturated carbocycles. The van der Waals surface area contributed by atoms with Crippen LogP contribution in [0, 0.1) is 0 Å². The van der Waals surface area contributed by atoms with Gasteiger partial charge in [0, 0.05) is 21.7 Å². The summed E-state index contributed by atoms with van der Waals surface area (Å²) in [4.78, 5) is 0. The Balaban J connectivity index is 1.55. The molecule has 2 nitrogen and oxygen atoms in total. The summed E-state index contributed by atoms with van der Waals surface area (Å²) in [5.41, 5.74) is 7.08. The van der Waals surface area contributed by atoms with Gasteiger partial charge in [0.25, 0.3) is 0 Å². The Hall–Kier alpha value is -3.61. The van der Waals surface area contributed by atoms with Crippen molar-refractivity contribution in [2.75, 3.05) is 0 Å². The Morgan fingerprint density at radius 3 is 1.42 bits per heavy atom. The molecule has 0 unspecified atom stereocenters. The first-order valence-electron chi connectivity index (χ1n) is 12.8. The summed E-state index contributed by atoms with van der Waals surface area (Å²) in [6.45, 7) is 0. The summed E-state index contributed by atoms with van der Waals surface area (Å²) >= 11 is 0. The van der Waals surface area contributed by atoms with E-state index in [1.54, 1.807) is 0 Å².